The number of nitrogens with zero attached hydrogens (tertiary/aromatic N) is 1. The predicted molar refractivity (Wildman–Crippen MR) is 148 cm³/mol. The summed E-state index contributed by atoms with van der Waals surface area (Å²) in [6.07, 6.45) is -4.25. The average Bonchev–Trinajstić information content (AvgIpc) is 3.37. The highest BCUT2D eigenvalue weighted by molar-refractivity contribution is 7.52. The van der Waals surface area contributed by atoms with Gasteiger partial charge in [0.05, 0.1) is 28.5 Å². The minimum Gasteiger partial charge on any atom is -0.462 e. The molecule has 2 aromatic heterocycles. The molecular weight excluding hydrogens is 587 g/mol. The van der Waals surface area contributed by atoms with Gasteiger partial charge in [0.15, 0.2) is 0 Å². The topological polar surface area (TPSA) is 195 Å². The van der Waals surface area contributed by atoms with Gasteiger partial charge < -0.3 is 29.9 Å². The van der Waals surface area contributed by atoms with E-state index >= 15 is 0 Å². The van der Waals surface area contributed by atoms with E-state index < -0.39 is 61.9 Å². The summed E-state index contributed by atoms with van der Waals surface area (Å²) >= 11 is 7.03. The van der Waals surface area contributed by atoms with Crippen LogP contribution in [0, 0.1) is 0 Å². The monoisotopic (exact) mass is 616 g/mol. The Bertz CT molecular complexity index is 1480. The molecule has 1 fully saturated rings. The Labute approximate surface area is 238 Å². The highest BCUT2D eigenvalue weighted by atomic mass is 35.5. The van der Waals surface area contributed by atoms with Crippen LogP contribution in [0.3, 0.4) is 0 Å². The van der Waals surface area contributed by atoms with Gasteiger partial charge in [-0.15, -0.1) is 11.3 Å². The van der Waals surface area contributed by atoms with Gasteiger partial charge >= 0.3 is 13.7 Å². The molecule has 0 spiro atoms. The van der Waals surface area contributed by atoms with Crippen LogP contribution in [0.15, 0.2) is 34.4 Å². The zero-order chi connectivity index (χ0) is 29.4. The molecule has 3 heterocycles. The Kier molecular flexibility index (Phi) is 8.93. The van der Waals surface area contributed by atoms with E-state index in [1.54, 1.807) is 19.2 Å². The molecule has 0 bridgehead atoms. The van der Waals surface area contributed by atoms with E-state index in [9.17, 15) is 24.4 Å². The molecule has 0 amide bonds. The van der Waals surface area contributed by atoms with Gasteiger partial charge in [-0.05, 0) is 52.0 Å². The number of rotatable bonds is 10. The maximum absolute atomic E-state index is 13.8. The van der Waals surface area contributed by atoms with Crippen LogP contribution >= 0.6 is 30.7 Å². The summed E-state index contributed by atoms with van der Waals surface area (Å²) in [6.45, 7) is 5.61. The third-order valence-electron chi connectivity index (χ3n) is 6.05. The van der Waals surface area contributed by atoms with Crippen molar-refractivity contribution < 1.29 is 38.1 Å². The number of nitrogens with two attached hydrogens (primary N) is 1. The number of esters is 1. The minimum atomic E-state index is -4.30. The number of H-pyrrole nitrogens is 1. The van der Waals surface area contributed by atoms with Gasteiger partial charge in [0, 0.05) is 10.4 Å². The van der Waals surface area contributed by atoms with Crippen LogP contribution in [-0.2, 0) is 23.4 Å². The molecule has 3 aromatic rings. The number of nitrogen functional groups attached to an aromatic ring is 1. The van der Waals surface area contributed by atoms with E-state index in [4.69, 9.17) is 35.9 Å². The third kappa shape index (κ3) is 6.50. The van der Waals surface area contributed by atoms with Crippen LogP contribution in [0.25, 0.3) is 10.9 Å². The summed E-state index contributed by atoms with van der Waals surface area (Å²) in [5, 5.41) is 26.9. The number of benzene rings is 1. The number of carbonyl (C=O) groups excluding carboxylic acids is 1. The number of aliphatic hydroxyl groups excluding tert-OH is 1. The molecule has 1 aromatic carbocycles. The highest BCUT2D eigenvalue weighted by Crippen LogP contribution is 2.49. The number of carbonyl (C=O) groups is 1. The van der Waals surface area contributed by atoms with Crippen molar-refractivity contribution in [2.24, 2.45) is 0 Å². The van der Waals surface area contributed by atoms with Crippen LogP contribution in [-0.4, -0.2) is 62.7 Å². The number of nitrogens with one attached hydrogen (secondary N) is 2. The van der Waals surface area contributed by atoms with E-state index in [2.05, 4.69) is 15.1 Å². The van der Waals surface area contributed by atoms with E-state index in [1.807, 2.05) is 0 Å². The van der Waals surface area contributed by atoms with Crippen LogP contribution in [0.4, 0.5) is 5.95 Å². The largest absolute Gasteiger partial charge is 0.462 e. The first-order chi connectivity index (χ1) is 18.7. The molecule has 40 heavy (non-hydrogen) atoms. The van der Waals surface area contributed by atoms with Gasteiger partial charge in [0.1, 0.15) is 35.7 Å². The Morgan fingerprint density at radius 3 is 2.67 bits per heavy atom. The number of aromatic nitrogens is 2. The fraction of sp³-hybridized carbons (Fsp3) is 0.458. The highest BCUT2D eigenvalue weighted by Gasteiger charge is 2.54. The zero-order valence-corrected chi connectivity index (χ0v) is 24.5. The molecule has 13 nitrogen and oxygen atoms in total. The first-order valence-electron chi connectivity index (χ1n) is 12.2. The number of hydrogen-bond donors (Lipinski definition) is 5. The number of hydrogen-bond acceptors (Lipinski definition) is 12. The lowest BCUT2D eigenvalue weighted by Gasteiger charge is -2.26. The molecule has 1 unspecified atom stereocenters. The Hall–Kier alpha value is -2.55. The van der Waals surface area contributed by atoms with Crippen molar-refractivity contribution >= 4 is 53.5 Å². The van der Waals surface area contributed by atoms with Crippen molar-refractivity contribution in [1.82, 2.24) is 15.1 Å². The SMILES string of the molecule is CC(C)OC(=O)[C@H](C)NP(=O)(OC[C@H]1O[C@@H](c2scc3c(=O)[nH]c(N)nc23)[C@](C)(O)[C@@H]1O)Oc1ccc(Cl)cc1. The number of anilines is 1. The molecule has 4 rings (SSSR count). The molecule has 0 saturated carbocycles. The second kappa shape index (κ2) is 11.7. The fourth-order valence-electron chi connectivity index (χ4n) is 4.06. The molecule has 6 N–H and O–H groups in total. The Morgan fingerprint density at radius 1 is 1.35 bits per heavy atom. The first-order valence-corrected chi connectivity index (χ1v) is 15.0. The maximum atomic E-state index is 13.8. The lowest BCUT2D eigenvalue weighted by atomic mass is 9.92. The van der Waals surface area contributed by atoms with Crippen molar-refractivity contribution in [3.05, 3.63) is 49.9 Å². The normalized spacial score (nSPS) is 25.1. The average molecular weight is 617 g/mol. The number of ether oxygens (including phenoxy) is 2. The lowest BCUT2D eigenvalue weighted by molar-refractivity contribution is -0.149. The molecule has 1 aliphatic rings. The van der Waals surface area contributed by atoms with Gasteiger partial charge in [0.2, 0.25) is 5.95 Å². The minimum absolute atomic E-state index is 0.119. The molecule has 0 radical (unpaired) electrons. The van der Waals surface area contributed by atoms with E-state index in [1.165, 1.54) is 38.1 Å². The van der Waals surface area contributed by atoms with Crippen LogP contribution in [0.1, 0.15) is 38.7 Å². The van der Waals surface area contributed by atoms with Gasteiger partial charge in [0.25, 0.3) is 5.56 Å². The quantitative estimate of drug-likeness (QED) is 0.165. The van der Waals surface area contributed by atoms with Crippen molar-refractivity contribution in [3.63, 3.8) is 0 Å². The summed E-state index contributed by atoms with van der Waals surface area (Å²) in [7, 11) is -4.30. The number of halogens is 1. The number of aliphatic hydroxyl groups is 2. The van der Waals surface area contributed by atoms with Crippen LogP contribution < -0.4 is 20.9 Å². The second-order valence-electron chi connectivity index (χ2n) is 9.71. The van der Waals surface area contributed by atoms with Crippen molar-refractivity contribution in [2.45, 2.75) is 63.8 Å². The Morgan fingerprint density at radius 2 is 2.02 bits per heavy atom. The van der Waals surface area contributed by atoms with Gasteiger partial charge in [-0.2, -0.15) is 5.09 Å². The number of thiophene rings is 1. The second-order valence-corrected chi connectivity index (χ2v) is 12.8. The van der Waals surface area contributed by atoms with Crippen LogP contribution in [0.5, 0.6) is 5.75 Å². The van der Waals surface area contributed by atoms with Gasteiger partial charge in [-0.25, -0.2) is 9.55 Å². The molecular formula is C24H30ClN4O9PS. The zero-order valence-electron chi connectivity index (χ0n) is 22.0. The van der Waals surface area contributed by atoms with Gasteiger partial charge in [-0.1, -0.05) is 11.6 Å². The van der Waals surface area contributed by atoms with Gasteiger partial charge in [-0.3, -0.25) is 19.1 Å². The molecule has 16 heteroatoms. The lowest BCUT2D eigenvalue weighted by Crippen LogP contribution is -2.43. The fourth-order valence-corrected chi connectivity index (χ4v) is 6.83. The smallest absolute Gasteiger partial charge is 0.459 e. The summed E-state index contributed by atoms with van der Waals surface area (Å²) < 4.78 is 36.2. The van der Waals surface area contributed by atoms with Crippen molar-refractivity contribution in [3.8, 4) is 5.75 Å². The summed E-state index contributed by atoms with van der Waals surface area (Å²) in [4.78, 5) is 31.6. The summed E-state index contributed by atoms with van der Waals surface area (Å²) in [5.74, 6) is -0.682. The number of fused-ring (bicyclic) bond motifs is 1. The predicted octanol–water partition coefficient (Wildman–Crippen LogP) is 2.91. The molecule has 6 atom stereocenters. The van der Waals surface area contributed by atoms with E-state index in [0.29, 0.717) is 9.90 Å². The molecule has 1 aliphatic heterocycles. The maximum Gasteiger partial charge on any atom is 0.459 e. The molecule has 0 aliphatic carbocycles. The van der Waals surface area contributed by atoms with E-state index in [0.717, 1.165) is 11.3 Å². The van der Waals surface area contributed by atoms with E-state index in [-0.39, 0.29) is 22.6 Å². The van der Waals surface area contributed by atoms with Crippen LogP contribution in [0.2, 0.25) is 5.02 Å². The summed E-state index contributed by atoms with van der Waals surface area (Å²) in [5.41, 5.74) is 3.61. The Balaban J connectivity index is 1.56. The van der Waals surface area contributed by atoms with Crippen molar-refractivity contribution in [2.75, 3.05) is 12.3 Å². The number of aromatic amines is 1. The summed E-state index contributed by atoms with van der Waals surface area (Å²) in [6, 6.07) is 4.85. The van der Waals surface area contributed by atoms with Crippen molar-refractivity contribution in [1.29, 1.82) is 0 Å². The molecule has 1 saturated heterocycles. The molecule has 218 valence electrons. The standard InChI is InChI=1S/C24H30ClN4O9PS/c1-11(2)36-22(32)12(3)29-39(34,38-14-7-5-13(25)6-8-14)35-9-16-19(30)24(4,33)20(37-16)18-17-15(10-40-18)21(31)28-23(26)27-17/h5-8,10-12,16,19-20,30,33H,9H2,1-4H3,(H,29,34)(H3,26,27,28,31)/t12-,16+,19+,20-,24+,39?/m0/s1. The third-order valence-corrected chi connectivity index (χ3v) is 8.96. The first kappa shape index (κ1) is 30.4.